The van der Waals surface area contributed by atoms with Gasteiger partial charge in [-0.25, -0.2) is 0 Å². The van der Waals surface area contributed by atoms with Gasteiger partial charge in [-0.1, -0.05) is 36.8 Å². The van der Waals surface area contributed by atoms with Crippen LogP contribution >= 0.6 is 0 Å². The van der Waals surface area contributed by atoms with E-state index >= 15 is 0 Å². The zero-order valence-electron chi connectivity index (χ0n) is 9.83. The van der Waals surface area contributed by atoms with Gasteiger partial charge in [-0.3, -0.25) is 4.21 Å². The predicted molar refractivity (Wildman–Crippen MR) is 66.5 cm³/mol. The van der Waals surface area contributed by atoms with E-state index in [1.807, 2.05) is 26.8 Å². The zero-order chi connectivity index (χ0) is 10.8. The van der Waals surface area contributed by atoms with E-state index in [4.69, 9.17) is 0 Å². The largest absolute Gasteiger partial charge is 0.412 e. The fourth-order valence-corrected chi connectivity index (χ4v) is 2.62. The standard InChI is InChI=1S/C12H18OS.H2O/c1-5-14(13)12(3,4)11-8-6-7-10(2)9-11;/h6-9H,5H2,1-4H3;1H2. The van der Waals surface area contributed by atoms with Crippen LogP contribution < -0.4 is 0 Å². The Kier molecular flexibility index (Phi) is 5.18. The highest BCUT2D eigenvalue weighted by Crippen LogP contribution is 2.27. The molecule has 86 valence electrons. The van der Waals surface area contributed by atoms with Crippen molar-refractivity contribution < 1.29 is 9.69 Å². The first-order valence-electron chi connectivity index (χ1n) is 4.94. The maximum Gasteiger partial charge on any atom is 0.0650 e. The maximum atomic E-state index is 11.9. The van der Waals surface area contributed by atoms with Crippen molar-refractivity contribution in [3.63, 3.8) is 0 Å². The molecule has 0 aliphatic heterocycles. The summed E-state index contributed by atoms with van der Waals surface area (Å²) in [5.74, 6) is 0.709. The van der Waals surface area contributed by atoms with E-state index in [1.165, 1.54) is 5.56 Å². The first kappa shape index (κ1) is 14.3. The Hall–Kier alpha value is -0.670. The number of hydrogen-bond donors (Lipinski definition) is 0. The van der Waals surface area contributed by atoms with Crippen LogP contribution in [0, 0.1) is 6.92 Å². The minimum Gasteiger partial charge on any atom is -0.412 e. The van der Waals surface area contributed by atoms with E-state index in [-0.39, 0.29) is 10.2 Å². The first-order valence-corrected chi connectivity index (χ1v) is 6.26. The van der Waals surface area contributed by atoms with Gasteiger partial charge in [-0.2, -0.15) is 0 Å². The lowest BCUT2D eigenvalue weighted by atomic mass is 10.0. The molecule has 0 bridgehead atoms. The smallest absolute Gasteiger partial charge is 0.0650 e. The molecule has 0 aliphatic rings. The summed E-state index contributed by atoms with van der Waals surface area (Å²) in [5.41, 5.74) is 2.39. The minimum atomic E-state index is -0.797. The molecular weight excluding hydrogens is 208 g/mol. The van der Waals surface area contributed by atoms with Crippen molar-refractivity contribution in [2.24, 2.45) is 0 Å². The lowest BCUT2D eigenvalue weighted by Crippen LogP contribution is -2.25. The molecule has 0 heterocycles. The molecule has 15 heavy (non-hydrogen) atoms. The van der Waals surface area contributed by atoms with Gasteiger partial charge < -0.3 is 5.48 Å². The summed E-state index contributed by atoms with van der Waals surface area (Å²) in [4.78, 5) is 0. The van der Waals surface area contributed by atoms with Crippen LogP contribution in [0.4, 0.5) is 0 Å². The molecule has 1 aromatic carbocycles. The third kappa shape index (κ3) is 3.14. The molecule has 1 atom stereocenters. The molecule has 0 aromatic heterocycles. The molecule has 1 rings (SSSR count). The summed E-state index contributed by atoms with van der Waals surface area (Å²) in [5, 5.41) is 0. The summed E-state index contributed by atoms with van der Waals surface area (Å²) < 4.78 is 11.6. The fraction of sp³-hybridized carbons (Fsp3) is 0.500. The van der Waals surface area contributed by atoms with Crippen molar-refractivity contribution in [3.8, 4) is 0 Å². The molecule has 0 radical (unpaired) electrons. The Morgan fingerprint density at radius 3 is 2.40 bits per heavy atom. The molecular formula is C12H20O2S. The average molecular weight is 228 g/mol. The van der Waals surface area contributed by atoms with Crippen molar-refractivity contribution in [2.45, 2.75) is 32.4 Å². The first-order chi connectivity index (χ1) is 6.48. The molecule has 1 unspecified atom stereocenters. The molecule has 0 saturated carbocycles. The topological polar surface area (TPSA) is 48.6 Å². The Morgan fingerprint density at radius 1 is 1.33 bits per heavy atom. The van der Waals surface area contributed by atoms with Crippen LogP contribution in [0.2, 0.25) is 0 Å². The summed E-state index contributed by atoms with van der Waals surface area (Å²) >= 11 is 0. The SMILES string of the molecule is CCS(=O)C(C)(C)c1cccc(C)c1.O. The van der Waals surface area contributed by atoms with Crippen LogP contribution in [0.5, 0.6) is 0 Å². The Morgan fingerprint density at radius 2 is 1.93 bits per heavy atom. The monoisotopic (exact) mass is 228 g/mol. The van der Waals surface area contributed by atoms with Gasteiger partial charge in [0.25, 0.3) is 0 Å². The molecule has 0 fully saturated rings. The third-order valence-electron chi connectivity index (χ3n) is 2.54. The molecule has 0 amide bonds. The Balaban J connectivity index is 0.00000196. The second-order valence-electron chi connectivity index (χ2n) is 4.01. The van der Waals surface area contributed by atoms with Crippen LogP contribution in [-0.2, 0) is 15.5 Å². The number of rotatable bonds is 3. The molecule has 3 heteroatoms. The van der Waals surface area contributed by atoms with Crippen molar-refractivity contribution in [2.75, 3.05) is 5.75 Å². The molecule has 0 saturated heterocycles. The van der Waals surface area contributed by atoms with Crippen LogP contribution in [0.3, 0.4) is 0 Å². The third-order valence-corrected chi connectivity index (χ3v) is 4.44. The van der Waals surface area contributed by atoms with Gasteiger partial charge >= 0.3 is 0 Å². The summed E-state index contributed by atoms with van der Waals surface area (Å²) in [6, 6.07) is 8.27. The summed E-state index contributed by atoms with van der Waals surface area (Å²) in [7, 11) is -0.797. The zero-order valence-corrected chi connectivity index (χ0v) is 10.6. The van der Waals surface area contributed by atoms with E-state index in [1.54, 1.807) is 0 Å². The van der Waals surface area contributed by atoms with Crippen LogP contribution in [-0.4, -0.2) is 15.4 Å². The van der Waals surface area contributed by atoms with Gasteiger partial charge in [0.1, 0.15) is 0 Å². The van der Waals surface area contributed by atoms with Crippen LogP contribution in [0.1, 0.15) is 31.9 Å². The minimum absolute atomic E-state index is 0. The fourth-order valence-electron chi connectivity index (χ4n) is 1.51. The molecule has 2 N–H and O–H groups in total. The molecule has 2 nitrogen and oxygen atoms in total. The predicted octanol–water partition coefficient (Wildman–Crippen LogP) is 2.17. The van der Waals surface area contributed by atoms with Gasteiger partial charge in [0.2, 0.25) is 0 Å². The Bertz CT molecular complexity index is 345. The van der Waals surface area contributed by atoms with E-state index < -0.39 is 10.8 Å². The van der Waals surface area contributed by atoms with Crippen molar-refractivity contribution in [1.82, 2.24) is 0 Å². The van der Waals surface area contributed by atoms with Crippen LogP contribution in [0.25, 0.3) is 0 Å². The van der Waals surface area contributed by atoms with Gasteiger partial charge in [0.05, 0.1) is 4.75 Å². The molecule has 1 aromatic rings. The Labute approximate surface area is 94.5 Å². The van der Waals surface area contributed by atoms with E-state index in [0.717, 1.165) is 5.56 Å². The normalized spacial score (nSPS) is 13.1. The highest BCUT2D eigenvalue weighted by molar-refractivity contribution is 7.85. The van der Waals surface area contributed by atoms with Gasteiger partial charge in [0, 0.05) is 16.6 Å². The van der Waals surface area contributed by atoms with Gasteiger partial charge in [-0.15, -0.1) is 0 Å². The average Bonchev–Trinajstić information content (AvgIpc) is 2.16. The number of benzene rings is 1. The lowest BCUT2D eigenvalue weighted by Gasteiger charge is -2.24. The van der Waals surface area contributed by atoms with E-state index in [0.29, 0.717) is 5.75 Å². The second kappa shape index (κ2) is 5.42. The molecule has 0 spiro atoms. The van der Waals surface area contributed by atoms with Crippen molar-refractivity contribution >= 4 is 10.8 Å². The summed E-state index contributed by atoms with van der Waals surface area (Å²) in [6.07, 6.45) is 0. The van der Waals surface area contributed by atoms with Gasteiger partial charge in [0.15, 0.2) is 0 Å². The van der Waals surface area contributed by atoms with Crippen LogP contribution in [0.15, 0.2) is 24.3 Å². The maximum absolute atomic E-state index is 11.9. The molecule has 0 aliphatic carbocycles. The highest BCUT2D eigenvalue weighted by atomic mass is 32.2. The number of aryl methyl sites for hydroxylation is 1. The van der Waals surface area contributed by atoms with Crippen molar-refractivity contribution in [3.05, 3.63) is 35.4 Å². The quantitative estimate of drug-likeness (QED) is 0.782. The van der Waals surface area contributed by atoms with E-state index in [2.05, 4.69) is 25.1 Å². The van der Waals surface area contributed by atoms with E-state index in [9.17, 15) is 4.21 Å². The van der Waals surface area contributed by atoms with Crippen molar-refractivity contribution in [1.29, 1.82) is 0 Å². The van der Waals surface area contributed by atoms with Gasteiger partial charge in [-0.05, 0) is 26.3 Å². The lowest BCUT2D eigenvalue weighted by molar-refractivity contribution is 0.643. The highest BCUT2D eigenvalue weighted by Gasteiger charge is 2.26. The second-order valence-corrected chi connectivity index (χ2v) is 6.30. The summed E-state index contributed by atoms with van der Waals surface area (Å²) in [6.45, 7) is 8.12. The number of hydrogen-bond acceptors (Lipinski definition) is 1.